The molecule has 0 bridgehead atoms. The summed E-state index contributed by atoms with van der Waals surface area (Å²) < 4.78 is 3.32. The Balaban J connectivity index is 2.12. The maximum Gasteiger partial charge on any atom is 0.257 e. The first-order valence-electron chi connectivity index (χ1n) is 6.10. The summed E-state index contributed by atoms with van der Waals surface area (Å²) in [4.78, 5) is 21.2. The molecule has 0 saturated carbocycles. The van der Waals surface area contributed by atoms with Gasteiger partial charge >= 0.3 is 0 Å². The van der Waals surface area contributed by atoms with E-state index in [0.717, 1.165) is 0 Å². The van der Waals surface area contributed by atoms with E-state index in [1.807, 2.05) is 24.7 Å². The fraction of sp³-hybridized carbons (Fsp3) is 0.273. The molecular formula is C11H13N9. The van der Waals surface area contributed by atoms with Crippen molar-refractivity contribution in [3.05, 3.63) is 25.0 Å². The molecule has 0 atom stereocenters. The minimum Gasteiger partial charge on any atom is -0.354 e. The van der Waals surface area contributed by atoms with E-state index in [2.05, 4.69) is 35.3 Å². The molecule has 0 aliphatic rings. The van der Waals surface area contributed by atoms with E-state index in [0.29, 0.717) is 30.1 Å². The van der Waals surface area contributed by atoms with Gasteiger partial charge in [-0.2, -0.15) is 24.7 Å². The van der Waals surface area contributed by atoms with Gasteiger partial charge in [-0.3, -0.25) is 0 Å². The third kappa shape index (κ3) is 2.20. The third-order valence-corrected chi connectivity index (χ3v) is 2.60. The van der Waals surface area contributed by atoms with Crippen LogP contribution in [0.3, 0.4) is 0 Å². The number of hydrogen-bond donors (Lipinski definition) is 1. The second kappa shape index (κ2) is 5.03. The molecule has 0 radical (unpaired) electrons. The number of anilines is 1. The molecule has 0 aromatic carbocycles. The summed E-state index contributed by atoms with van der Waals surface area (Å²) in [6.07, 6.45) is 6.49. The van der Waals surface area contributed by atoms with Crippen LogP contribution >= 0.6 is 0 Å². The molecule has 9 nitrogen and oxygen atoms in total. The first-order valence-corrected chi connectivity index (χ1v) is 6.10. The number of nitrogens with one attached hydrogen (secondary N) is 1. The van der Waals surface area contributed by atoms with E-state index in [1.54, 1.807) is 6.20 Å². The number of rotatable bonds is 4. The summed E-state index contributed by atoms with van der Waals surface area (Å²) in [6, 6.07) is 0. The summed E-state index contributed by atoms with van der Waals surface area (Å²) in [7, 11) is 1.88. The van der Waals surface area contributed by atoms with Crippen LogP contribution in [0.2, 0.25) is 0 Å². The molecule has 3 rings (SSSR count). The molecule has 9 heteroatoms. The lowest BCUT2D eigenvalue weighted by Crippen LogP contribution is -2.11. The minimum absolute atomic E-state index is 0.395. The van der Waals surface area contributed by atoms with Crippen molar-refractivity contribution in [2.75, 3.05) is 11.9 Å². The molecular weight excluding hydrogens is 258 g/mol. The van der Waals surface area contributed by atoms with E-state index in [4.69, 9.17) is 0 Å². The molecule has 20 heavy (non-hydrogen) atoms. The Morgan fingerprint density at radius 1 is 1.25 bits per heavy atom. The number of aromatic nitrogens is 8. The van der Waals surface area contributed by atoms with Gasteiger partial charge in [0.1, 0.15) is 12.7 Å². The van der Waals surface area contributed by atoms with Crippen LogP contribution in [-0.4, -0.2) is 45.8 Å². The van der Waals surface area contributed by atoms with Crippen molar-refractivity contribution >= 4 is 5.95 Å². The van der Waals surface area contributed by atoms with Gasteiger partial charge in [-0.15, -0.1) is 0 Å². The van der Waals surface area contributed by atoms with E-state index in [1.165, 1.54) is 17.3 Å². The van der Waals surface area contributed by atoms with Crippen LogP contribution in [0.4, 0.5) is 5.95 Å². The molecule has 0 aliphatic carbocycles. The van der Waals surface area contributed by atoms with E-state index in [-0.39, 0.29) is 0 Å². The van der Waals surface area contributed by atoms with Crippen molar-refractivity contribution in [1.82, 2.24) is 39.3 Å². The van der Waals surface area contributed by atoms with Crippen molar-refractivity contribution in [1.29, 1.82) is 0 Å². The van der Waals surface area contributed by atoms with Crippen molar-refractivity contribution in [3.8, 4) is 17.6 Å². The summed E-state index contributed by atoms with van der Waals surface area (Å²) >= 11 is 0. The van der Waals surface area contributed by atoms with Gasteiger partial charge in [-0.25, -0.2) is 9.97 Å². The van der Waals surface area contributed by atoms with Crippen molar-refractivity contribution < 1.29 is 0 Å². The molecule has 1 N–H and O–H groups in total. The van der Waals surface area contributed by atoms with Gasteiger partial charge in [0.2, 0.25) is 11.8 Å². The first kappa shape index (κ1) is 12.2. The highest BCUT2D eigenvalue weighted by molar-refractivity contribution is 5.48. The molecule has 0 amide bonds. The molecule has 0 saturated heterocycles. The SMILES string of the molecule is CCNc1nc(-c2nccn2C)nc(-n2cncn2)n1. The standard InChI is InChI=1S/C11H13N9/c1-3-13-10-16-8(9-14-4-5-19(9)2)17-11(18-10)20-7-12-6-15-20/h4-7H,3H2,1-2H3,(H,13,16,17,18). The van der Waals surface area contributed by atoms with Gasteiger partial charge in [0, 0.05) is 26.0 Å². The monoisotopic (exact) mass is 271 g/mol. The van der Waals surface area contributed by atoms with Crippen molar-refractivity contribution in [2.45, 2.75) is 6.92 Å². The maximum atomic E-state index is 4.38. The lowest BCUT2D eigenvalue weighted by molar-refractivity contribution is 0.790. The molecule has 0 unspecified atom stereocenters. The topological polar surface area (TPSA) is 99.2 Å². The van der Waals surface area contributed by atoms with E-state index < -0.39 is 0 Å². The highest BCUT2D eigenvalue weighted by atomic mass is 15.4. The normalized spacial score (nSPS) is 10.7. The molecule has 3 heterocycles. The van der Waals surface area contributed by atoms with Crippen LogP contribution in [0.5, 0.6) is 0 Å². The lowest BCUT2D eigenvalue weighted by Gasteiger charge is -2.07. The number of aryl methyl sites for hydroxylation is 1. The summed E-state index contributed by atoms with van der Waals surface area (Å²) in [5.41, 5.74) is 0. The summed E-state index contributed by atoms with van der Waals surface area (Å²) in [5.74, 6) is 2.01. The molecule has 3 aromatic rings. The summed E-state index contributed by atoms with van der Waals surface area (Å²) in [5, 5.41) is 7.10. The predicted octanol–water partition coefficient (Wildman–Crippen LogP) is 0.285. The highest BCUT2D eigenvalue weighted by Crippen LogP contribution is 2.14. The lowest BCUT2D eigenvalue weighted by atomic mass is 10.5. The molecule has 3 aromatic heterocycles. The maximum absolute atomic E-state index is 4.38. The van der Waals surface area contributed by atoms with Gasteiger partial charge < -0.3 is 9.88 Å². The third-order valence-electron chi connectivity index (χ3n) is 2.60. The zero-order chi connectivity index (χ0) is 13.9. The summed E-state index contributed by atoms with van der Waals surface area (Å²) in [6.45, 7) is 2.68. The Bertz CT molecular complexity index is 701. The Labute approximate surface area is 114 Å². The smallest absolute Gasteiger partial charge is 0.257 e. The van der Waals surface area contributed by atoms with Crippen LogP contribution in [-0.2, 0) is 7.05 Å². The first-order chi connectivity index (χ1) is 9.78. The Hall–Kier alpha value is -2.84. The molecule has 0 aliphatic heterocycles. The molecule has 0 spiro atoms. The fourth-order valence-electron chi connectivity index (χ4n) is 1.70. The van der Waals surface area contributed by atoms with Gasteiger partial charge in [0.15, 0.2) is 5.82 Å². The van der Waals surface area contributed by atoms with Crippen LogP contribution in [0.1, 0.15) is 6.92 Å². The second-order valence-electron chi connectivity index (χ2n) is 4.01. The van der Waals surface area contributed by atoms with Gasteiger partial charge in [0.05, 0.1) is 0 Å². The highest BCUT2D eigenvalue weighted by Gasteiger charge is 2.13. The van der Waals surface area contributed by atoms with E-state index in [9.17, 15) is 0 Å². The van der Waals surface area contributed by atoms with E-state index >= 15 is 0 Å². The van der Waals surface area contributed by atoms with Crippen LogP contribution in [0, 0.1) is 0 Å². The zero-order valence-electron chi connectivity index (χ0n) is 11.1. The fourth-order valence-corrected chi connectivity index (χ4v) is 1.70. The predicted molar refractivity (Wildman–Crippen MR) is 71.1 cm³/mol. The Morgan fingerprint density at radius 3 is 2.80 bits per heavy atom. The molecule has 102 valence electrons. The molecule has 0 fully saturated rings. The Kier molecular flexibility index (Phi) is 3.07. The van der Waals surface area contributed by atoms with Crippen molar-refractivity contribution in [2.24, 2.45) is 7.05 Å². The van der Waals surface area contributed by atoms with Crippen molar-refractivity contribution in [3.63, 3.8) is 0 Å². The van der Waals surface area contributed by atoms with Crippen LogP contribution < -0.4 is 5.32 Å². The number of hydrogen-bond acceptors (Lipinski definition) is 7. The second-order valence-corrected chi connectivity index (χ2v) is 4.01. The number of nitrogens with zero attached hydrogens (tertiary/aromatic N) is 8. The Morgan fingerprint density at radius 2 is 2.15 bits per heavy atom. The zero-order valence-corrected chi connectivity index (χ0v) is 11.1. The van der Waals surface area contributed by atoms with Crippen LogP contribution in [0.25, 0.3) is 17.6 Å². The average molecular weight is 271 g/mol. The number of imidazole rings is 1. The van der Waals surface area contributed by atoms with Crippen LogP contribution in [0.15, 0.2) is 25.0 Å². The van der Waals surface area contributed by atoms with Gasteiger partial charge in [0.25, 0.3) is 5.95 Å². The quantitative estimate of drug-likeness (QED) is 0.727. The average Bonchev–Trinajstić information content (AvgIpc) is 3.09. The van der Waals surface area contributed by atoms with Gasteiger partial charge in [-0.1, -0.05) is 0 Å². The van der Waals surface area contributed by atoms with Gasteiger partial charge in [-0.05, 0) is 6.92 Å². The largest absolute Gasteiger partial charge is 0.354 e. The minimum atomic E-state index is 0.395.